The molecule has 25 heavy (non-hydrogen) atoms. The highest BCUT2D eigenvalue weighted by Gasteiger charge is 2.11. The molecule has 3 rings (SSSR count). The summed E-state index contributed by atoms with van der Waals surface area (Å²) in [7, 11) is 0. The average molecular weight is 344 g/mol. The minimum Gasteiger partial charge on any atom is -0.486 e. The molecule has 0 fully saturated rings. The molecule has 0 bridgehead atoms. The molecule has 0 unspecified atom stereocenters. The van der Waals surface area contributed by atoms with Gasteiger partial charge in [-0.15, -0.1) is 0 Å². The molecular weight excluding hydrogens is 323 g/mol. The summed E-state index contributed by atoms with van der Waals surface area (Å²) in [5.74, 6) is 1.26. The van der Waals surface area contributed by atoms with E-state index in [4.69, 9.17) is 9.47 Å². The van der Waals surface area contributed by atoms with Gasteiger partial charge in [0.15, 0.2) is 11.5 Å². The first-order valence-corrected chi connectivity index (χ1v) is 8.36. The summed E-state index contributed by atoms with van der Waals surface area (Å²) in [5, 5.41) is 5.53. The van der Waals surface area contributed by atoms with Crippen LogP contribution in [0.25, 0.3) is 0 Å². The van der Waals surface area contributed by atoms with Crippen molar-refractivity contribution in [2.45, 2.75) is 12.8 Å². The minimum atomic E-state index is -0.256. The fourth-order valence-electron chi connectivity index (χ4n) is 2.64. The predicted molar refractivity (Wildman–Crippen MR) is 92.6 cm³/mol. The molecule has 2 N–H and O–H groups in total. The maximum Gasteiger partial charge on any atom is 0.314 e. The lowest BCUT2D eigenvalue weighted by atomic mass is 10.1. The van der Waals surface area contributed by atoms with Crippen molar-refractivity contribution in [2.24, 2.45) is 0 Å². The van der Waals surface area contributed by atoms with Crippen LogP contribution >= 0.6 is 0 Å². The molecule has 2 amide bonds. The molecule has 132 valence electrons. The first-order chi connectivity index (χ1) is 12.2. The normalized spacial score (nSPS) is 12.5. The fourth-order valence-corrected chi connectivity index (χ4v) is 2.64. The maximum atomic E-state index is 13.5. The average Bonchev–Trinajstić information content (AvgIpc) is 2.63. The van der Waals surface area contributed by atoms with E-state index in [1.807, 2.05) is 18.2 Å². The van der Waals surface area contributed by atoms with Crippen LogP contribution in [-0.4, -0.2) is 32.3 Å². The molecule has 0 spiro atoms. The van der Waals surface area contributed by atoms with Gasteiger partial charge in [-0.3, -0.25) is 0 Å². The number of hydrogen-bond acceptors (Lipinski definition) is 3. The third-order valence-corrected chi connectivity index (χ3v) is 3.94. The summed E-state index contributed by atoms with van der Waals surface area (Å²) >= 11 is 0. The Morgan fingerprint density at radius 1 is 0.960 bits per heavy atom. The number of rotatable bonds is 6. The van der Waals surface area contributed by atoms with Crippen molar-refractivity contribution in [2.75, 3.05) is 26.3 Å². The third-order valence-electron chi connectivity index (χ3n) is 3.94. The predicted octanol–water partition coefficient (Wildman–Crippen LogP) is 2.68. The van der Waals surface area contributed by atoms with Crippen LogP contribution in [0.4, 0.5) is 9.18 Å². The zero-order valence-electron chi connectivity index (χ0n) is 13.9. The number of fused-ring (bicyclic) bond motifs is 1. The lowest BCUT2D eigenvalue weighted by Crippen LogP contribution is -2.37. The molecule has 0 aliphatic carbocycles. The molecule has 5 nitrogen and oxygen atoms in total. The highest BCUT2D eigenvalue weighted by Crippen LogP contribution is 2.30. The van der Waals surface area contributed by atoms with Crippen molar-refractivity contribution in [1.82, 2.24) is 10.6 Å². The van der Waals surface area contributed by atoms with Gasteiger partial charge < -0.3 is 20.1 Å². The van der Waals surface area contributed by atoms with E-state index >= 15 is 0 Å². The number of halogens is 1. The molecule has 1 aliphatic rings. The zero-order chi connectivity index (χ0) is 17.5. The third kappa shape index (κ3) is 4.86. The van der Waals surface area contributed by atoms with Crippen LogP contribution < -0.4 is 20.1 Å². The van der Waals surface area contributed by atoms with Crippen LogP contribution in [0, 0.1) is 5.82 Å². The second-order valence-electron chi connectivity index (χ2n) is 5.75. The van der Waals surface area contributed by atoms with Gasteiger partial charge in [-0.05, 0) is 42.2 Å². The monoisotopic (exact) mass is 344 g/mol. The number of urea groups is 1. The van der Waals surface area contributed by atoms with Crippen molar-refractivity contribution in [1.29, 1.82) is 0 Å². The summed E-state index contributed by atoms with van der Waals surface area (Å²) in [6, 6.07) is 12.1. The van der Waals surface area contributed by atoms with Gasteiger partial charge in [0, 0.05) is 13.1 Å². The first-order valence-electron chi connectivity index (χ1n) is 8.36. The molecule has 1 aliphatic heterocycles. The summed E-state index contributed by atoms with van der Waals surface area (Å²) in [6.45, 7) is 2.02. The van der Waals surface area contributed by atoms with Crippen molar-refractivity contribution in [3.05, 3.63) is 59.4 Å². The molecule has 2 aromatic rings. The van der Waals surface area contributed by atoms with Crippen molar-refractivity contribution >= 4 is 6.03 Å². The van der Waals surface area contributed by atoms with Crippen LogP contribution in [-0.2, 0) is 12.8 Å². The quantitative estimate of drug-likeness (QED) is 0.847. The molecule has 1 heterocycles. The van der Waals surface area contributed by atoms with E-state index in [0.717, 1.165) is 17.1 Å². The Morgan fingerprint density at radius 2 is 1.68 bits per heavy atom. The standard InChI is InChI=1S/C19H21FN2O3/c20-16-4-2-1-3-15(16)8-10-22-19(23)21-9-7-14-5-6-17-18(13-14)25-12-11-24-17/h1-6,13H,7-12H2,(H2,21,22,23). The maximum absolute atomic E-state index is 13.5. The minimum absolute atomic E-state index is 0.247. The van der Waals surface area contributed by atoms with Crippen molar-refractivity contribution in [3.8, 4) is 11.5 Å². The smallest absolute Gasteiger partial charge is 0.314 e. The number of nitrogens with one attached hydrogen (secondary N) is 2. The number of carbonyl (C=O) groups excluding carboxylic acids is 1. The van der Waals surface area contributed by atoms with Gasteiger partial charge in [0.2, 0.25) is 0 Å². The van der Waals surface area contributed by atoms with E-state index in [-0.39, 0.29) is 11.8 Å². The molecule has 0 atom stereocenters. The summed E-state index contributed by atoms with van der Waals surface area (Å²) < 4.78 is 24.5. The van der Waals surface area contributed by atoms with E-state index in [1.54, 1.807) is 18.2 Å². The SMILES string of the molecule is O=C(NCCc1ccc2c(c1)OCCO2)NCCc1ccccc1F. The van der Waals surface area contributed by atoms with Gasteiger partial charge in [-0.2, -0.15) is 0 Å². The lowest BCUT2D eigenvalue weighted by Gasteiger charge is -2.18. The Labute approximate surface area is 146 Å². The van der Waals surface area contributed by atoms with Crippen LogP contribution in [0.1, 0.15) is 11.1 Å². The van der Waals surface area contributed by atoms with Gasteiger partial charge in [0.25, 0.3) is 0 Å². The molecule has 0 saturated heterocycles. The van der Waals surface area contributed by atoms with Crippen molar-refractivity contribution < 1.29 is 18.7 Å². The number of amides is 2. The second kappa shape index (κ2) is 8.37. The second-order valence-corrected chi connectivity index (χ2v) is 5.75. The Hall–Kier alpha value is -2.76. The van der Waals surface area contributed by atoms with E-state index in [0.29, 0.717) is 44.7 Å². The molecule has 2 aromatic carbocycles. The number of hydrogen-bond donors (Lipinski definition) is 2. The van der Waals surface area contributed by atoms with Crippen LogP contribution in [0.15, 0.2) is 42.5 Å². The highest BCUT2D eigenvalue weighted by molar-refractivity contribution is 5.73. The Bertz CT molecular complexity index is 736. The van der Waals surface area contributed by atoms with Gasteiger partial charge in [-0.1, -0.05) is 24.3 Å². The van der Waals surface area contributed by atoms with Gasteiger partial charge in [0.05, 0.1) is 0 Å². The lowest BCUT2D eigenvalue weighted by molar-refractivity contribution is 0.171. The first kappa shape index (κ1) is 17.1. The summed E-state index contributed by atoms with van der Waals surface area (Å²) in [4.78, 5) is 11.8. The van der Waals surface area contributed by atoms with Gasteiger partial charge >= 0.3 is 6.03 Å². The Morgan fingerprint density at radius 3 is 2.48 bits per heavy atom. The van der Waals surface area contributed by atoms with Crippen LogP contribution in [0.3, 0.4) is 0 Å². The highest BCUT2D eigenvalue weighted by atomic mass is 19.1. The zero-order valence-corrected chi connectivity index (χ0v) is 13.9. The number of benzene rings is 2. The molecular formula is C19H21FN2O3. The Kier molecular flexibility index (Phi) is 5.72. The van der Waals surface area contributed by atoms with Crippen molar-refractivity contribution in [3.63, 3.8) is 0 Å². The molecule has 0 saturated carbocycles. The topological polar surface area (TPSA) is 59.6 Å². The van der Waals surface area contributed by atoms with E-state index < -0.39 is 0 Å². The molecule has 0 radical (unpaired) electrons. The van der Waals surface area contributed by atoms with Crippen LogP contribution in [0.5, 0.6) is 11.5 Å². The molecule has 0 aromatic heterocycles. The number of carbonyl (C=O) groups is 1. The summed E-state index contributed by atoms with van der Waals surface area (Å²) in [5.41, 5.74) is 1.66. The van der Waals surface area contributed by atoms with E-state index in [9.17, 15) is 9.18 Å². The van der Waals surface area contributed by atoms with E-state index in [2.05, 4.69) is 10.6 Å². The largest absolute Gasteiger partial charge is 0.486 e. The number of ether oxygens (including phenoxy) is 2. The van der Waals surface area contributed by atoms with Gasteiger partial charge in [0.1, 0.15) is 19.0 Å². The van der Waals surface area contributed by atoms with Gasteiger partial charge in [-0.25, -0.2) is 9.18 Å². The van der Waals surface area contributed by atoms with Crippen LogP contribution in [0.2, 0.25) is 0 Å². The summed E-state index contributed by atoms with van der Waals surface area (Å²) in [6.07, 6.45) is 1.15. The Balaban J connectivity index is 1.37. The fraction of sp³-hybridized carbons (Fsp3) is 0.316. The van der Waals surface area contributed by atoms with E-state index in [1.165, 1.54) is 6.07 Å². The molecule has 6 heteroatoms.